The molecule has 0 aliphatic heterocycles. The third kappa shape index (κ3) is 7.08. The second kappa shape index (κ2) is 9.15. The summed E-state index contributed by atoms with van der Waals surface area (Å²) in [4.78, 5) is 20.9. The molecule has 27 heavy (non-hydrogen) atoms. The number of carbonyl (C=O) groups excluding carboxylic acids is 1. The molecular formula is C17H18F4N4O2. The quantitative estimate of drug-likeness (QED) is 0.731. The Kier molecular flexibility index (Phi) is 6.91. The molecule has 6 nitrogen and oxygen atoms in total. The molecular weight excluding hydrogens is 368 g/mol. The van der Waals surface area contributed by atoms with E-state index in [1.807, 2.05) is 0 Å². The standard InChI is InChI=1S/C17H18F4N4O2/c1-2-25(7-6-17(19,20)21)16(26)24-14-9-23-15(10-22-14)27-11-12-4-3-5-13(18)8-12/h3-5,8-10H,2,6-7,11H2,1H3,(H,22,24,26). The fourth-order valence-electron chi connectivity index (χ4n) is 2.09. The minimum absolute atomic E-state index is 0.0727. The Hall–Kier alpha value is -2.91. The number of nitrogens with zero attached hydrogens (tertiary/aromatic N) is 3. The minimum atomic E-state index is -4.34. The zero-order valence-electron chi connectivity index (χ0n) is 14.5. The summed E-state index contributed by atoms with van der Waals surface area (Å²) in [6, 6.07) is 5.17. The van der Waals surface area contributed by atoms with Crippen LogP contribution in [-0.4, -0.2) is 40.2 Å². The topological polar surface area (TPSA) is 67.4 Å². The maximum Gasteiger partial charge on any atom is 0.390 e. The van der Waals surface area contributed by atoms with Crippen LogP contribution in [0.1, 0.15) is 18.9 Å². The van der Waals surface area contributed by atoms with E-state index in [9.17, 15) is 22.4 Å². The van der Waals surface area contributed by atoms with Gasteiger partial charge < -0.3 is 9.64 Å². The molecule has 0 bridgehead atoms. The summed E-state index contributed by atoms with van der Waals surface area (Å²) in [5.74, 6) is -0.156. The van der Waals surface area contributed by atoms with Crippen LogP contribution < -0.4 is 10.1 Å². The van der Waals surface area contributed by atoms with Gasteiger partial charge in [0.2, 0.25) is 5.88 Å². The second-order valence-corrected chi connectivity index (χ2v) is 5.53. The van der Waals surface area contributed by atoms with Crippen molar-refractivity contribution in [2.45, 2.75) is 26.1 Å². The van der Waals surface area contributed by atoms with Gasteiger partial charge in [-0.2, -0.15) is 13.2 Å². The van der Waals surface area contributed by atoms with Crippen LogP contribution in [0.4, 0.5) is 28.2 Å². The number of aromatic nitrogens is 2. The van der Waals surface area contributed by atoms with E-state index in [0.29, 0.717) is 5.56 Å². The lowest BCUT2D eigenvalue weighted by Crippen LogP contribution is -2.37. The molecule has 0 atom stereocenters. The number of alkyl halides is 3. The van der Waals surface area contributed by atoms with Gasteiger partial charge in [-0.3, -0.25) is 5.32 Å². The van der Waals surface area contributed by atoms with Crippen molar-refractivity contribution in [2.24, 2.45) is 0 Å². The number of nitrogens with one attached hydrogen (secondary N) is 1. The van der Waals surface area contributed by atoms with Gasteiger partial charge in [0.1, 0.15) is 12.4 Å². The van der Waals surface area contributed by atoms with Gasteiger partial charge in [-0.05, 0) is 24.6 Å². The van der Waals surface area contributed by atoms with Crippen LogP contribution in [0.5, 0.6) is 5.88 Å². The Morgan fingerprint density at radius 2 is 2.04 bits per heavy atom. The first kappa shape index (κ1) is 20.4. The molecule has 146 valence electrons. The number of rotatable bonds is 7. The van der Waals surface area contributed by atoms with Crippen molar-refractivity contribution in [1.82, 2.24) is 14.9 Å². The summed E-state index contributed by atoms with van der Waals surface area (Å²) in [6.45, 7) is 1.32. The average molecular weight is 386 g/mol. The minimum Gasteiger partial charge on any atom is -0.472 e. The van der Waals surface area contributed by atoms with E-state index < -0.39 is 25.2 Å². The van der Waals surface area contributed by atoms with Crippen LogP contribution in [0.15, 0.2) is 36.7 Å². The maximum atomic E-state index is 13.1. The summed E-state index contributed by atoms with van der Waals surface area (Å²) >= 11 is 0. The molecule has 0 radical (unpaired) electrons. The van der Waals surface area contributed by atoms with Crippen molar-refractivity contribution >= 4 is 11.8 Å². The second-order valence-electron chi connectivity index (χ2n) is 5.53. The van der Waals surface area contributed by atoms with Crippen LogP contribution in [0, 0.1) is 5.82 Å². The fourth-order valence-corrected chi connectivity index (χ4v) is 2.09. The van der Waals surface area contributed by atoms with Crippen molar-refractivity contribution < 1.29 is 27.1 Å². The third-order valence-electron chi connectivity index (χ3n) is 3.47. The number of urea groups is 1. The molecule has 0 spiro atoms. The highest BCUT2D eigenvalue weighted by molar-refractivity contribution is 5.88. The highest BCUT2D eigenvalue weighted by Crippen LogP contribution is 2.20. The first-order valence-corrected chi connectivity index (χ1v) is 8.09. The zero-order chi connectivity index (χ0) is 19.9. The van der Waals surface area contributed by atoms with Gasteiger partial charge >= 0.3 is 12.2 Å². The Labute approximate surface area is 153 Å². The summed E-state index contributed by atoms with van der Waals surface area (Å²) in [6.07, 6.45) is -2.96. The molecule has 1 aromatic carbocycles. The van der Waals surface area contributed by atoms with Gasteiger partial charge in [-0.15, -0.1) is 0 Å². The maximum absolute atomic E-state index is 13.1. The smallest absolute Gasteiger partial charge is 0.390 e. The number of ether oxygens (including phenoxy) is 1. The summed E-state index contributed by atoms with van der Waals surface area (Å²) in [5.41, 5.74) is 0.609. The van der Waals surface area contributed by atoms with E-state index in [-0.39, 0.29) is 30.7 Å². The number of benzene rings is 1. The van der Waals surface area contributed by atoms with Gasteiger partial charge in [0.05, 0.1) is 18.8 Å². The number of hydrogen-bond donors (Lipinski definition) is 1. The SMILES string of the molecule is CCN(CCC(F)(F)F)C(=O)Nc1cnc(OCc2cccc(F)c2)cn1. The average Bonchev–Trinajstić information content (AvgIpc) is 2.61. The van der Waals surface area contributed by atoms with Gasteiger partial charge in [-0.1, -0.05) is 12.1 Å². The van der Waals surface area contributed by atoms with Crippen molar-refractivity contribution in [3.05, 3.63) is 48.0 Å². The van der Waals surface area contributed by atoms with E-state index in [1.54, 1.807) is 19.1 Å². The first-order valence-electron chi connectivity index (χ1n) is 8.09. The molecule has 0 saturated carbocycles. The molecule has 0 aliphatic carbocycles. The Morgan fingerprint density at radius 1 is 1.26 bits per heavy atom. The van der Waals surface area contributed by atoms with E-state index in [2.05, 4.69) is 15.3 Å². The van der Waals surface area contributed by atoms with Crippen molar-refractivity contribution in [2.75, 3.05) is 18.4 Å². The number of hydrogen-bond acceptors (Lipinski definition) is 4. The molecule has 1 aromatic heterocycles. The lowest BCUT2D eigenvalue weighted by atomic mass is 10.2. The molecule has 1 N–H and O–H groups in total. The van der Waals surface area contributed by atoms with Gasteiger partial charge in [-0.25, -0.2) is 19.2 Å². The molecule has 0 fully saturated rings. The van der Waals surface area contributed by atoms with Crippen LogP contribution in [-0.2, 0) is 6.61 Å². The van der Waals surface area contributed by atoms with Crippen molar-refractivity contribution in [3.63, 3.8) is 0 Å². The normalized spacial score (nSPS) is 11.1. The third-order valence-corrected chi connectivity index (χ3v) is 3.47. The molecule has 0 unspecified atom stereocenters. The number of amides is 2. The predicted molar refractivity (Wildman–Crippen MR) is 89.7 cm³/mol. The largest absolute Gasteiger partial charge is 0.472 e. The lowest BCUT2D eigenvalue weighted by Gasteiger charge is -2.21. The monoisotopic (exact) mass is 386 g/mol. The molecule has 2 rings (SSSR count). The molecule has 2 aromatic rings. The molecule has 2 amide bonds. The number of anilines is 1. The van der Waals surface area contributed by atoms with Crippen molar-refractivity contribution in [1.29, 1.82) is 0 Å². The van der Waals surface area contributed by atoms with Gasteiger partial charge in [0, 0.05) is 13.1 Å². The predicted octanol–water partition coefficient (Wildman–Crippen LogP) is 4.00. The molecule has 0 saturated heterocycles. The van der Waals surface area contributed by atoms with Crippen LogP contribution in [0.25, 0.3) is 0 Å². The van der Waals surface area contributed by atoms with Crippen LogP contribution in [0.3, 0.4) is 0 Å². The van der Waals surface area contributed by atoms with E-state index in [0.717, 1.165) is 4.90 Å². The molecule has 10 heteroatoms. The van der Waals surface area contributed by atoms with E-state index in [1.165, 1.54) is 24.5 Å². The number of halogens is 4. The molecule has 1 heterocycles. The van der Waals surface area contributed by atoms with E-state index >= 15 is 0 Å². The Morgan fingerprint density at radius 3 is 2.63 bits per heavy atom. The molecule has 0 aliphatic rings. The highest BCUT2D eigenvalue weighted by Gasteiger charge is 2.28. The first-order chi connectivity index (χ1) is 12.8. The summed E-state index contributed by atoms with van der Waals surface area (Å²) in [7, 11) is 0. The van der Waals surface area contributed by atoms with E-state index in [4.69, 9.17) is 4.74 Å². The van der Waals surface area contributed by atoms with Gasteiger partial charge in [0.15, 0.2) is 5.82 Å². The van der Waals surface area contributed by atoms with Crippen LogP contribution >= 0.6 is 0 Å². The zero-order valence-corrected chi connectivity index (χ0v) is 14.5. The Bertz CT molecular complexity index is 753. The van der Waals surface area contributed by atoms with Crippen molar-refractivity contribution in [3.8, 4) is 5.88 Å². The number of carbonyl (C=O) groups is 1. The highest BCUT2D eigenvalue weighted by atomic mass is 19.4. The fraction of sp³-hybridized carbons (Fsp3) is 0.353. The Balaban J connectivity index is 1.87. The van der Waals surface area contributed by atoms with Gasteiger partial charge in [0.25, 0.3) is 0 Å². The summed E-state index contributed by atoms with van der Waals surface area (Å²) < 4.78 is 55.3. The van der Waals surface area contributed by atoms with Crippen LogP contribution in [0.2, 0.25) is 0 Å². The lowest BCUT2D eigenvalue weighted by molar-refractivity contribution is -0.136. The summed E-state index contributed by atoms with van der Waals surface area (Å²) in [5, 5.41) is 2.38.